The molecule has 0 aliphatic heterocycles. The van der Waals surface area contributed by atoms with Crippen LogP contribution in [0.3, 0.4) is 0 Å². The van der Waals surface area contributed by atoms with Crippen molar-refractivity contribution in [2.75, 3.05) is 0 Å². The molecule has 0 spiro atoms. The van der Waals surface area contributed by atoms with Crippen LogP contribution in [0.25, 0.3) is 0 Å². The van der Waals surface area contributed by atoms with Crippen LogP contribution in [-0.4, -0.2) is 17.9 Å². The smallest absolute Gasteiger partial charge is 0.329 e. The van der Waals surface area contributed by atoms with Gasteiger partial charge in [-0.3, -0.25) is 4.79 Å². The summed E-state index contributed by atoms with van der Waals surface area (Å²) in [5.74, 6) is -1.87. The standard InChI is InChI=1S/C19H18Cl2FNO3/c1-11(2)17(19(25)26-10-12-5-3-4-6-16(12)22)23-18(24)14-8-7-13(20)9-15(14)21/h3-9,11,17H,10H2,1-2H3,(H,23,24)/t17-/m0/s1. The fraction of sp³-hybridized carbons (Fsp3) is 0.263. The van der Waals surface area contributed by atoms with Gasteiger partial charge in [0.15, 0.2) is 0 Å². The Hall–Kier alpha value is -2.11. The van der Waals surface area contributed by atoms with Crippen molar-refractivity contribution in [2.24, 2.45) is 5.92 Å². The van der Waals surface area contributed by atoms with Gasteiger partial charge in [0.2, 0.25) is 0 Å². The number of carbonyl (C=O) groups is 2. The summed E-state index contributed by atoms with van der Waals surface area (Å²) in [6, 6.07) is 9.56. The Kier molecular flexibility index (Phi) is 7.00. The van der Waals surface area contributed by atoms with Crippen molar-refractivity contribution >= 4 is 35.1 Å². The van der Waals surface area contributed by atoms with Crippen LogP contribution in [0.5, 0.6) is 0 Å². The monoisotopic (exact) mass is 397 g/mol. The van der Waals surface area contributed by atoms with Gasteiger partial charge in [-0.15, -0.1) is 0 Å². The van der Waals surface area contributed by atoms with Crippen molar-refractivity contribution in [2.45, 2.75) is 26.5 Å². The van der Waals surface area contributed by atoms with Gasteiger partial charge in [0.05, 0.1) is 10.6 Å². The zero-order valence-corrected chi connectivity index (χ0v) is 15.8. The Bertz CT molecular complexity index is 811. The third-order valence-electron chi connectivity index (χ3n) is 3.71. The lowest BCUT2D eigenvalue weighted by molar-refractivity contribution is -0.148. The molecule has 7 heteroatoms. The minimum Gasteiger partial charge on any atom is -0.459 e. The summed E-state index contributed by atoms with van der Waals surface area (Å²) >= 11 is 11.8. The maximum absolute atomic E-state index is 13.6. The first kappa shape index (κ1) is 20.2. The second-order valence-corrected chi connectivity index (χ2v) is 6.86. The first-order valence-corrected chi connectivity index (χ1v) is 8.71. The highest BCUT2D eigenvalue weighted by Crippen LogP contribution is 2.21. The van der Waals surface area contributed by atoms with Gasteiger partial charge in [0.25, 0.3) is 5.91 Å². The van der Waals surface area contributed by atoms with E-state index in [-0.39, 0.29) is 28.7 Å². The number of nitrogens with one attached hydrogen (secondary N) is 1. The van der Waals surface area contributed by atoms with E-state index in [1.165, 1.54) is 30.3 Å². The largest absolute Gasteiger partial charge is 0.459 e. The van der Waals surface area contributed by atoms with E-state index < -0.39 is 23.7 Å². The van der Waals surface area contributed by atoms with Crippen molar-refractivity contribution < 1.29 is 18.7 Å². The van der Waals surface area contributed by atoms with Gasteiger partial charge < -0.3 is 10.1 Å². The summed E-state index contributed by atoms with van der Waals surface area (Å²) in [6.07, 6.45) is 0. The van der Waals surface area contributed by atoms with Crippen molar-refractivity contribution in [3.63, 3.8) is 0 Å². The molecule has 0 saturated carbocycles. The number of hydrogen-bond donors (Lipinski definition) is 1. The normalized spacial score (nSPS) is 11.9. The van der Waals surface area contributed by atoms with Crippen LogP contribution in [-0.2, 0) is 16.1 Å². The number of rotatable bonds is 6. The predicted octanol–water partition coefficient (Wildman–Crippen LogP) is 4.63. The minimum absolute atomic E-state index is 0.178. The number of carbonyl (C=O) groups excluding carboxylic acids is 2. The zero-order valence-electron chi connectivity index (χ0n) is 14.3. The van der Waals surface area contributed by atoms with Crippen LogP contribution in [0.2, 0.25) is 10.0 Å². The molecule has 0 aliphatic carbocycles. The molecule has 2 aromatic rings. The highest BCUT2D eigenvalue weighted by Gasteiger charge is 2.27. The average Bonchev–Trinajstić information content (AvgIpc) is 2.58. The quantitative estimate of drug-likeness (QED) is 0.722. The topological polar surface area (TPSA) is 55.4 Å². The molecule has 1 amide bonds. The summed E-state index contributed by atoms with van der Waals surface area (Å²) in [5.41, 5.74) is 0.457. The molecular weight excluding hydrogens is 380 g/mol. The Balaban J connectivity index is 2.06. The van der Waals surface area contributed by atoms with E-state index in [4.69, 9.17) is 27.9 Å². The van der Waals surface area contributed by atoms with E-state index in [0.717, 1.165) is 0 Å². The molecule has 26 heavy (non-hydrogen) atoms. The van der Waals surface area contributed by atoms with Crippen molar-refractivity contribution in [3.05, 3.63) is 69.5 Å². The lowest BCUT2D eigenvalue weighted by Crippen LogP contribution is -2.45. The Labute approximate surface area is 161 Å². The van der Waals surface area contributed by atoms with Gasteiger partial charge in [0, 0.05) is 10.6 Å². The minimum atomic E-state index is -0.902. The number of hydrogen-bond acceptors (Lipinski definition) is 3. The average molecular weight is 398 g/mol. The molecule has 0 fully saturated rings. The van der Waals surface area contributed by atoms with Gasteiger partial charge in [-0.05, 0) is 30.2 Å². The zero-order chi connectivity index (χ0) is 19.3. The molecule has 0 bridgehead atoms. The van der Waals surface area contributed by atoms with Crippen LogP contribution in [0.15, 0.2) is 42.5 Å². The molecule has 2 aromatic carbocycles. The summed E-state index contributed by atoms with van der Waals surface area (Å²) in [5, 5.41) is 3.19. The number of esters is 1. The number of benzene rings is 2. The number of halogens is 3. The first-order chi connectivity index (χ1) is 12.3. The Morgan fingerprint density at radius 1 is 1.15 bits per heavy atom. The summed E-state index contributed by atoms with van der Waals surface area (Å²) in [7, 11) is 0. The van der Waals surface area contributed by atoms with E-state index in [1.54, 1.807) is 26.0 Å². The van der Waals surface area contributed by atoms with Crippen LogP contribution in [0.4, 0.5) is 4.39 Å². The second kappa shape index (κ2) is 9.01. The van der Waals surface area contributed by atoms with Crippen LogP contribution in [0, 0.1) is 11.7 Å². The molecule has 0 saturated heterocycles. The molecule has 0 aromatic heterocycles. The van der Waals surface area contributed by atoms with E-state index in [2.05, 4.69) is 5.32 Å². The van der Waals surface area contributed by atoms with Gasteiger partial charge in [-0.25, -0.2) is 9.18 Å². The molecule has 0 aliphatic rings. The van der Waals surface area contributed by atoms with Crippen LogP contribution < -0.4 is 5.32 Å². The maximum Gasteiger partial charge on any atom is 0.329 e. The third kappa shape index (κ3) is 5.19. The lowest BCUT2D eigenvalue weighted by Gasteiger charge is -2.21. The Morgan fingerprint density at radius 2 is 1.85 bits per heavy atom. The fourth-order valence-electron chi connectivity index (χ4n) is 2.24. The van der Waals surface area contributed by atoms with Crippen LogP contribution in [0.1, 0.15) is 29.8 Å². The van der Waals surface area contributed by atoms with Gasteiger partial charge in [-0.1, -0.05) is 55.2 Å². The highest BCUT2D eigenvalue weighted by atomic mass is 35.5. The van der Waals surface area contributed by atoms with Crippen molar-refractivity contribution in [1.29, 1.82) is 0 Å². The molecule has 1 N–H and O–H groups in total. The van der Waals surface area contributed by atoms with Gasteiger partial charge >= 0.3 is 5.97 Å². The molecular formula is C19H18Cl2FNO3. The van der Waals surface area contributed by atoms with E-state index in [0.29, 0.717) is 5.02 Å². The molecule has 0 radical (unpaired) electrons. The lowest BCUT2D eigenvalue weighted by atomic mass is 10.0. The first-order valence-electron chi connectivity index (χ1n) is 7.95. The predicted molar refractivity (Wildman–Crippen MR) is 98.8 cm³/mol. The molecule has 4 nitrogen and oxygen atoms in total. The third-order valence-corrected chi connectivity index (χ3v) is 4.26. The van der Waals surface area contributed by atoms with Crippen LogP contribution >= 0.6 is 23.2 Å². The van der Waals surface area contributed by atoms with Gasteiger partial charge in [-0.2, -0.15) is 0 Å². The maximum atomic E-state index is 13.6. The molecule has 1 atom stereocenters. The summed E-state index contributed by atoms with van der Waals surface area (Å²) in [6.45, 7) is 3.31. The van der Waals surface area contributed by atoms with Crippen molar-refractivity contribution in [3.8, 4) is 0 Å². The fourth-order valence-corrected chi connectivity index (χ4v) is 2.74. The Morgan fingerprint density at radius 3 is 2.46 bits per heavy atom. The molecule has 138 valence electrons. The van der Waals surface area contributed by atoms with Crippen molar-refractivity contribution in [1.82, 2.24) is 5.32 Å². The molecule has 2 rings (SSSR count). The molecule has 0 heterocycles. The van der Waals surface area contributed by atoms with E-state index >= 15 is 0 Å². The summed E-state index contributed by atoms with van der Waals surface area (Å²) in [4.78, 5) is 24.8. The number of ether oxygens (including phenoxy) is 1. The SMILES string of the molecule is CC(C)[C@H](NC(=O)c1ccc(Cl)cc1Cl)C(=O)OCc1ccccc1F. The summed E-state index contributed by atoms with van der Waals surface area (Å²) < 4.78 is 18.8. The van der Waals surface area contributed by atoms with E-state index in [1.807, 2.05) is 0 Å². The van der Waals surface area contributed by atoms with Gasteiger partial charge in [0.1, 0.15) is 18.5 Å². The number of amides is 1. The van der Waals surface area contributed by atoms with E-state index in [9.17, 15) is 14.0 Å². The second-order valence-electron chi connectivity index (χ2n) is 6.02. The molecule has 0 unspecified atom stereocenters. The highest BCUT2D eigenvalue weighted by molar-refractivity contribution is 6.36.